The molecule has 0 aliphatic carbocycles. The monoisotopic (exact) mass is 676 g/mol. The molecule has 0 bridgehead atoms. The van der Waals surface area contributed by atoms with E-state index in [1.165, 1.54) is 43.4 Å². The molecule has 0 radical (unpaired) electrons. The smallest absolute Gasteiger partial charge is 0.136 e. The Morgan fingerprint density at radius 3 is 1.70 bits per heavy atom. The van der Waals surface area contributed by atoms with E-state index in [0.717, 1.165) is 55.8 Å². The molecule has 0 saturated heterocycles. The number of nitrogens with zero attached hydrogens (tertiary/aromatic N) is 2. The highest BCUT2D eigenvalue weighted by molar-refractivity contribution is 6.12. The van der Waals surface area contributed by atoms with Crippen molar-refractivity contribution in [2.45, 2.75) is 0 Å². The van der Waals surface area contributed by atoms with Crippen molar-refractivity contribution in [1.82, 2.24) is 4.57 Å². The molecule has 0 unspecified atom stereocenters. The summed E-state index contributed by atoms with van der Waals surface area (Å²) in [6.07, 6.45) is 0. The number of para-hydroxylation sites is 3. The second-order valence-electron chi connectivity index (χ2n) is 13.7. The Morgan fingerprint density at radius 2 is 0.925 bits per heavy atom. The third-order valence-corrected chi connectivity index (χ3v) is 10.8. The molecule has 248 valence electrons. The number of furan rings is 1. The quantitative estimate of drug-likeness (QED) is 0.181. The average molecular weight is 677 g/mol. The standard InChI is InChI=1S/C50H32N2O/c1-2-14-37-34(12-1)13-11-22-44(37)51(36-27-24-33(25-28-36)35-26-29-43-42-19-7-10-23-49(42)53-50(43)32-35)47-30-31-48(41-16-4-3-15-40(41)47)52-45-20-8-5-17-38(45)39-18-6-9-21-46(39)52/h1-32H. The van der Waals surface area contributed by atoms with Gasteiger partial charge in [0, 0.05) is 43.4 Å². The van der Waals surface area contributed by atoms with Crippen LogP contribution in [0.2, 0.25) is 0 Å². The molecule has 0 amide bonds. The molecule has 3 nitrogen and oxygen atoms in total. The van der Waals surface area contributed by atoms with E-state index >= 15 is 0 Å². The van der Waals surface area contributed by atoms with Crippen LogP contribution in [-0.4, -0.2) is 4.57 Å². The van der Waals surface area contributed by atoms with Crippen LogP contribution in [0.1, 0.15) is 0 Å². The number of aromatic nitrogens is 1. The van der Waals surface area contributed by atoms with Crippen molar-refractivity contribution >= 4 is 82.4 Å². The Morgan fingerprint density at radius 1 is 0.358 bits per heavy atom. The molecule has 11 rings (SSSR count). The number of rotatable bonds is 5. The first kappa shape index (κ1) is 29.6. The van der Waals surface area contributed by atoms with Crippen molar-refractivity contribution in [1.29, 1.82) is 0 Å². The van der Waals surface area contributed by atoms with Gasteiger partial charge in [-0.15, -0.1) is 0 Å². The van der Waals surface area contributed by atoms with Crippen molar-refractivity contribution < 1.29 is 4.42 Å². The molecular weight excluding hydrogens is 645 g/mol. The van der Waals surface area contributed by atoms with Gasteiger partial charge in [0.2, 0.25) is 0 Å². The van der Waals surface area contributed by atoms with Crippen molar-refractivity contribution in [3.8, 4) is 16.8 Å². The van der Waals surface area contributed by atoms with Crippen LogP contribution in [0.25, 0.3) is 82.1 Å². The molecule has 0 aliphatic rings. The Hall–Kier alpha value is -7.10. The lowest BCUT2D eigenvalue weighted by Gasteiger charge is -2.29. The lowest BCUT2D eigenvalue weighted by atomic mass is 10.0. The van der Waals surface area contributed by atoms with Crippen LogP contribution in [0.3, 0.4) is 0 Å². The fraction of sp³-hybridized carbons (Fsp3) is 0. The van der Waals surface area contributed by atoms with Crippen LogP contribution in [0.15, 0.2) is 199 Å². The van der Waals surface area contributed by atoms with E-state index in [9.17, 15) is 0 Å². The van der Waals surface area contributed by atoms with Crippen molar-refractivity contribution in [3.05, 3.63) is 194 Å². The second-order valence-corrected chi connectivity index (χ2v) is 13.7. The fourth-order valence-electron chi connectivity index (χ4n) is 8.36. The summed E-state index contributed by atoms with van der Waals surface area (Å²) >= 11 is 0. The minimum Gasteiger partial charge on any atom is -0.456 e. The summed E-state index contributed by atoms with van der Waals surface area (Å²) in [7, 11) is 0. The molecule has 2 aromatic heterocycles. The molecular formula is C50H32N2O. The summed E-state index contributed by atoms with van der Waals surface area (Å²) in [6.45, 7) is 0. The fourth-order valence-corrected chi connectivity index (χ4v) is 8.36. The molecule has 0 saturated carbocycles. The molecule has 0 spiro atoms. The maximum absolute atomic E-state index is 6.25. The second kappa shape index (κ2) is 11.7. The molecule has 0 aliphatic heterocycles. The van der Waals surface area contributed by atoms with Crippen LogP contribution in [0, 0.1) is 0 Å². The number of hydrogen-bond donors (Lipinski definition) is 0. The van der Waals surface area contributed by atoms with E-state index in [0.29, 0.717) is 0 Å². The topological polar surface area (TPSA) is 21.3 Å². The van der Waals surface area contributed by atoms with Gasteiger partial charge in [-0.3, -0.25) is 0 Å². The van der Waals surface area contributed by atoms with Gasteiger partial charge in [0.15, 0.2) is 0 Å². The summed E-state index contributed by atoms with van der Waals surface area (Å²) in [5, 5.41) is 9.57. The molecule has 9 aromatic carbocycles. The van der Waals surface area contributed by atoms with Gasteiger partial charge < -0.3 is 13.9 Å². The van der Waals surface area contributed by atoms with Gasteiger partial charge in [-0.1, -0.05) is 133 Å². The third-order valence-electron chi connectivity index (χ3n) is 10.8. The van der Waals surface area contributed by atoms with Crippen molar-refractivity contribution in [2.75, 3.05) is 4.90 Å². The highest BCUT2D eigenvalue weighted by Gasteiger charge is 2.21. The van der Waals surface area contributed by atoms with E-state index in [1.54, 1.807) is 0 Å². The minimum atomic E-state index is 0.903. The van der Waals surface area contributed by atoms with Gasteiger partial charge in [-0.25, -0.2) is 0 Å². The number of anilines is 3. The maximum Gasteiger partial charge on any atom is 0.136 e. The lowest BCUT2D eigenvalue weighted by Crippen LogP contribution is -2.11. The highest BCUT2D eigenvalue weighted by atomic mass is 16.3. The molecule has 53 heavy (non-hydrogen) atoms. The highest BCUT2D eigenvalue weighted by Crippen LogP contribution is 2.45. The first-order valence-corrected chi connectivity index (χ1v) is 18.1. The first-order valence-electron chi connectivity index (χ1n) is 18.1. The minimum absolute atomic E-state index is 0.903. The van der Waals surface area contributed by atoms with E-state index in [4.69, 9.17) is 4.42 Å². The summed E-state index contributed by atoms with van der Waals surface area (Å²) in [5.74, 6) is 0. The normalized spacial score (nSPS) is 11.8. The van der Waals surface area contributed by atoms with Crippen LogP contribution >= 0.6 is 0 Å². The van der Waals surface area contributed by atoms with Gasteiger partial charge in [0.25, 0.3) is 0 Å². The van der Waals surface area contributed by atoms with Gasteiger partial charge in [-0.05, 0) is 77.2 Å². The van der Waals surface area contributed by atoms with Crippen LogP contribution in [0.4, 0.5) is 17.1 Å². The van der Waals surface area contributed by atoms with E-state index in [2.05, 4.69) is 191 Å². The first-order chi connectivity index (χ1) is 26.3. The maximum atomic E-state index is 6.25. The summed E-state index contributed by atoms with van der Waals surface area (Å²) in [6, 6.07) is 69.8. The SMILES string of the molecule is c1ccc2c(N(c3ccc(-c4ccc5c(c4)oc4ccccc45)cc3)c3ccc(-n4c5ccccc5c5ccccc54)c4ccccc34)cccc2c1. The Labute approximate surface area is 306 Å². The zero-order valence-corrected chi connectivity index (χ0v) is 28.8. The zero-order chi connectivity index (χ0) is 34.9. The predicted octanol–water partition coefficient (Wildman–Crippen LogP) is 14.1. The molecule has 11 aromatic rings. The summed E-state index contributed by atoms with van der Waals surface area (Å²) in [4.78, 5) is 2.42. The Kier molecular flexibility index (Phi) is 6.55. The van der Waals surface area contributed by atoms with Crippen LogP contribution in [0.5, 0.6) is 0 Å². The van der Waals surface area contributed by atoms with Gasteiger partial charge >= 0.3 is 0 Å². The Bertz CT molecular complexity index is 3130. The van der Waals surface area contributed by atoms with Crippen molar-refractivity contribution in [3.63, 3.8) is 0 Å². The van der Waals surface area contributed by atoms with Gasteiger partial charge in [0.1, 0.15) is 11.2 Å². The molecule has 0 fully saturated rings. The predicted molar refractivity (Wildman–Crippen MR) is 223 cm³/mol. The van der Waals surface area contributed by atoms with Crippen LogP contribution < -0.4 is 4.90 Å². The third kappa shape index (κ3) is 4.61. The summed E-state index contributed by atoms with van der Waals surface area (Å²) < 4.78 is 8.67. The van der Waals surface area contributed by atoms with Gasteiger partial charge in [0.05, 0.1) is 28.1 Å². The van der Waals surface area contributed by atoms with Crippen LogP contribution in [-0.2, 0) is 0 Å². The zero-order valence-electron chi connectivity index (χ0n) is 28.8. The average Bonchev–Trinajstić information content (AvgIpc) is 3.77. The summed E-state index contributed by atoms with van der Waals surface area (Å²) in [5.41, 5.74) is 11.0. The van der Waals surface area contributed by atoms with E-state index in [-0.39, 0.29) is 0 Å². The largest absolute Gasteiger partial charge is 0.456 e. The molecule has 0 N–H and O–H groups in total. The lowest BCUT2D eigenvalue weighted by molar-refractivity contribution is 0.669. The molecule has 0 atom stereocenters. The van der Waals surface area contributed by atoms with E-state index in [1.807, 2.05) is 12.1 Å². The van der Waals surface area contributed by atoms with E-state index < -0.39 is 0 Å². The Balaban J connectivity index is 1.11. The number of benzene rings is 9. The number of hydrogen-bond acceptors (Lipinski definition) is 2. The molecule has 2 heterocycles. The van der Waals surface area contributed by atoms with Crippen molar-refractivity contribution in [2.24, 2.45) is 0 Å². The van der Waals surface area contributed by atoms with Gasteiger partial charge in [-0.2, -0.15) is 0 Å². The number of fused-ring (bicyclic) bond motifs is 8. The molecule has 3 heteroatoms.